The number of ether oxygens (including phenoxy) is 2. The van der Waals surface area contributed by atoms with Crippen molar-refractivity contribution in [2.45, 2.75) is 206 Å². The minimum Gasteiger partial charge on any atom is -0.462 e. The number of allylic oxidation sites excluding steroid dienone is 8. The molecular formula is C44H78O6. The first-order valence-electron chi connectivity index (χ1n) is 20.7. The van der Waals surface area contributed by atoms with Crippen LogP contribution in [0, 0.1) is 0 Å². The van der Waals surface area contributed by atoms with E-state index in [0.717, 1.165) is 64.2 Å². The number of hydrogen-bond acceptors (Lipinski definition) is 6. The molecule has 0 aromatic rings. The lowest BCUT2D eigenvalue weighted by Gasteiger charge is -2.15. The van der Waals surface area contributed by atoms with Gasteiger partial charge in [0, 0.05) is 12.8 Å². The van der Waals surface area contributed by atoms with E-state index in [1.165, 1.54) is 96.3 Å². The SMILES string of the molecule is CCCCCCCCCCCCCCCCCCCCC(=O)OC[C@H](CO)OC(=O)CCC/C=C\C/C=C\C/C=C\C/C=C\CCC[C@H](C)O. The van der Waals surface area contributed by atoms with Gasteiger partial charge in [-0.05, 0) is 64.7 Å². The van der Waals surface area contributed by atoms with Crippen LogP contribution in [0.4, 0.5) is 0 Å². The predicted molar refractivity (Wildman–Crippen MR) is 211 cm³/mol. The Balaban J connectivity index is 3.62. The van der Waals surface area contributed by atoms with Gasteiger partial charge in [0.15, 0.2) is 6.10 Å². The molecule has 0 aliphatic carbocycles. The zero-order chi connectivity index (χ0) is 36.6. The minimum atomic E-state index is -0.807. The van der Waals surface area contributed by atoms with Crippen molar-refractivity contribution < 1.29 is 29.3 Å². The maximum atomic E-state index is 12.2. The number of rotatable bonds is 37. The third-order valence-corrected chi connectivity index (χ3v) is 8.89. The number of carbonyl (C=O) groups is 2. The Hall–Kier alpha value is -2.18. The van der Waals surface area contributed by atoms with E-state index in [1.54, 1.807) is 0 Å². The maximum absolute atomic E-state index is 12.2. The Morgan fingerprint density at radius 2 is 0.940 bits per heavy atom. The highest BCUT2D eigenvalue weighted by Gasteiger charge is 2.16. The van der Waals surface area contributed by atoms with Crippen molar-refractivity contribution in [3.63, 3.8) is 0 Å². The molecule has 0 aromatic carbocycles. The first-order valence-corrected chi connectivity index (χ1v) is 20.7. The second-order valence-corrected chi connectivity index (χ2v) is 14.0. The van der Waals surface area contributed by atoms with Gasteiger partial charge in [-0.25, -0.2) is 0 Å². The number of carbonyl (C=O) groups excluding carboxylic acids is 2. The lowest BCUT2D eigenvalue weighted by molar-refractivity contribution is -0.161. The standard InChI is InChI=1S/C44H78O6/c1-3-4-5-6-7-8-9-10-11-12-13-16-19-22-25-28-31-34-37-43(47)49-40-42(39-45)50-44(48)38-35-32-29-26-23-20-17-14-15-18-21-24-27-30-33-36-41(2)46/h15,17-18,20,24,26-27,29,41-42,45-46H,3-14,16,19,21-23,25,28,30-40H2,1-2H3/b18-15-,20-17-,27-24-,29-26-/t41-,42-/m0/s1. The molecule has 0 rings (SSSR count). The largest absolute Gasteiger partial charge is 0.462 e. The summed E-state index contributed by atoms with van der Waals surface area (Å²) >= 11 is 0. The van der Waals surface area contributed by atoms with Crippen LogP contribution < -0.4 is 0 Å². The number of aliphatic hydroxyl groups is 2. The molecule has 0 saturated heterocycles. The fourth-order valence-electron chi connectivity index (χ4n) is 5.74. The van der Waals surface area contributed by atoms with Crippen LogP contribution >= 0.6 is 0 Å². The molecule has 0 aliphatic rings. The van der Waals surface area contributed by atoms with Crippen molar-refractivity contribution in [1.29, 1.82) is 0 Å². The summed E-state index contributed by atoms with van der Waals surface area (Å²) < 4.78 is 10.6. The molecule has 0 saturated carbocycles. The first-order chi connectivity index (χ1) is 24.5. The molecule has 290 valence electrons. The zero-order valence-corrected chi connectivity index (χ0v) is 32.5. The van der Waals surface area contributed by atoms with Gasteiger partial charge in [-0.3, -0.25) is 9.59 Å². The van der Waals surface area contributed by atoms with Crippen molar-refractivity contribution in [3.8, 4) is 0 Å². The van der Waals surface area contributed by atoms with E-state index in [2.05, 4.69) is 55.5 Å². The summed E-state index contributed by atoms with van der Waals surface area (Å²) in [5, 5.41) is 18.8. The summed E-state index contributed by atoms with van der Waals surface area (Å²) in [7, 11) is 0. The van der Waals surface area contributed by atoms with Crippen molar-refractivity contribution in [3.05, 3.63) is 48.6 Å². The molecule has 6 nitrogen and oxygen atoms in total. The molecular weight excluding hydrogens is 624 g/mol. The normalized spacial score (nSPS) is 13.3. The topological polar surface area (TPSA) is 93.1 Å². The molecule has 6 heteroatoms. The average Bonchev–Trinajstić information content (AvgIpc) is 3.10. The van der Waals surface area contributed by atoms with Gasteiger partial charge in [-0.2, -0.15) is 0 Å². The molecule has 0 radical (unpaired) electrons. The zero-order valence-electron chi connectivity index (χ0n) is 32.5. The Morgan fingerprint density at radius 3 is 1.38 bits per heavy atom. The second-order valence-electron chi connectivity index (χ2n) is 14.0. The summed E-state index contributed by atoms with van der Waals surface area (Å²) in [4.78, 5) is 24.3. The van der Waals surface area contributed by atoms with Gasteiger partial charge in [0.05, 0.1) is 12.7 Å². The molecule has 0 aliphatic heterocycles. The van der Waals surface area contributed by atoms with Gasteiger partial charge >= 0.3 is 11.9 Å². The summed E-state index contributed by atoms with van der Waals surface area (Å²) in [5.74, 6) is -0.669. The van der Waals surface area contributed by atoms with E-state index in [0.29, 0.717) is 12.8 Å². The van der Waals surface area contributed by atoms with Crippen molar-refractivity contribution in [2.24, 2.45) is 0 Å². The smallest absolute Gasteiger partial charge is 0.306 e. The van der Waals surface area contributed by atoms with Crippen LogP contribution in [0.5, 0.6) is 0 Å². The highest BCUT2D eigenvalue weighted by Crippen LogP contribution is 2.15. The van der Waals surface area contributed by atoms with Crippen LogP contribution in [0.3, 0.4) is 0 Å². The lowest BCUT2D eigenvalue weighted by Crippen LogP contribution is -2.28. The van der Waals surface area contributed by atoms with Gasteiger partial charge in [0.25, 0.3) is 0 Å². The maximum Gasteiger partial charge on any atom is 0.306 e. The number of hydrogen-bond donors (Lipinski definition) is 2. The van der Waals surface area contributed by atoms with Crippen molar-refractivity contribution in [2.75, 3.05) is 13.2 Å². The molecule has 0 heterocycles. The number of aliphatic hydroxyl groups excluding tert-OH is 2. The second kappa shape index (κ2) is 39.6. The molecule has 0 spiro atoms. The average molecular weight is 703 g/mol. The fraction of sp³-hybridized carbons (Fsp3) is 0.773. The lowest BCUT2D eigenvalue weighted by atomic mass is 10.0. The van der Waals surface area contributed by atoms with E-state index in [9.17, 15) is 19.8 Å². The van der Waals surface area contributed by atoms with E-state index in [-0.39, 0.29) is 37.7 Å². The van der Waals surface area contributed by atoms with Crippen LogP contribution in [-0.4, -0.2) is 47.6 Å². The highest BCUT2D eigenvalue weighted by molar-refractivity contribution is 5.70. The molecule has 0 unspecified atom stereocenters. The van der Waals surface area contributed by atoms with Crippen LogP contribution in [0.1, 0.15) is 194 Å². The Kier molecular flexibility index (Phi) is 37.9. The van der Waals surface area contributed by atoms with Crippen LogP contribution in [0.15, 0.2) is 48.6 Å². The Morgan fingerprint density at radius 1 is 0.540 bits per heavy atom. The van der Waals surface area contributed by atoms with Crippen molar-refractivity contribution in [1.82, 2.24) is 0 Å². The number of unbranched alkanes of at least 4 members (excludes halogenated alkanes) is 19. The summed E-state index contributed by atoms with van der Waals surface area (Å²) in [6.45, 7) is 3.65. The van der Waals surface area contributed by atoms with Gasteiger partial charge in [-0.15, -0.1) is 0 Å². The molecule has 0 aromatic heterocycles. The molecule has 0 amide bonds. The van der Waals surface area contributed by atoms with Gasteiger partial charge in [0.1, 0.15) is 6.61 Å². The quantitative estimate of drug-likeness (QED) is 0.0380. The molecule has 2 atom stereocenters. The van der Waals surface area contributed by atoms with E-state index >= 15 is 0 Å². The van der Waals surface area contributed by atoms with Crippen molar-refractivity contribution >= 4 is 11.9 Å². The monoisotopic (exact) mass is 703 g/mol. The highest BCUT2D eigenvalue weighted by atomic mass is 16.6. The third-order valence-electron chi connectivity index (χ3n) is 8.89. The van der Waals surface area contributed by atoms with Gasteiger partial charge in [-0.1, -0.05) is 165 Å². The third kappa shape index (κ3) is 38.6. The first kappa shape index (κ1) is 47.8. The molecule has 0 fully saturated rings. The Bertz CT molecular complexity index is 859. The van der Waals surface area contributed by atoms with Crippen LogP contribution in [-0.2, 0) is 19.1 Å². The molecule has 50 heavy (non-hydrogen) atoms. The summed E-state index contributed by atoms with van der Waals surface area (Å²) in [6.07, 6.45) is 47.4. The van der Waals surface area contributed by atoms with Crippen LogP contribution in [0.2, 0.25) is 0 Å². The predicted octanol–water partition coefficient (Wildman–Crippen LogP) is 12.0. The molecule has 0 bridgehead atoms. The van der Waals surface area contributed by atoms with Gasteiger partial charge in [0.2, 0.25) is 0 Å². The number of esters is 2. The van der Waals surface area contributed by atoms with E-state index in [4.69, 9.17) is 9.47 Å². The van der Waals surface area contributed by atoms with E-state index in [1.807, 2.05) is 6.92 Å². The van der Waals surface area contributed by atoms with Crippen LogP contribution in [0.25, 0.3) is 0 Å². The Labute approximate surface area is 308 Å². The van der Waals surface area contributed by atoms with E-state index < -0.39 is 6.10 Å². The minimum absolute atomic E-state index is 0.0942. The summed E-state index contributed by atoms with van der Waals surface area (Å²) in [5.41, 5.74) is 0. The summed E-state index contributed by atoms with van der Waals surface area (Å²) in [6, 6.07) is 0. The molecule has 2 N–H and O–H groups in total. The fourth-order valence-corrected chi connectivity index (χ4v) is 5.74. The van der Waals surface area contributed by atoms with Gasteiger partial charge < -0.3 is 19.7 Å².